The lowest BCUT2D eigenvalue weighted by Crippen LogP contribution is -2.40. The van der Waals surface area contributed by atoms with Gasteiger partial charge < -0.3 is 4.90 Å². The molecule has 2 heteroatoms. The minimum absolute atomic E-state index is 0.772. The fourth-order valence-electron chi connectivity index (χ4n) is 2.79. The van der Waals surface area contributed by atoms with Crippen LogP contribution >= 0.6 is 22.6 Å². The number of piperidine rings is 1. The first-order chi connectivity index (χ1) is 6.20. The van der Waals surface area contributed by atoms with E-state index < -0.39 is 0 Å². The van der Waals surface area contributed by atoms with Crippen molar-refractivity contribution >= 4 is 22.6 Å². The molecule has 0 radical (unpaired) electrons. The summed E-state index contributed by atoms with van der Waals surface area (Å²) in [6.45, 7) is 2.68. The van der Waals surface area contributed by atoms with Crippen LogP contribution in [0.3, 0.4) is 0 Å². The summed E-state index contributed by atoms with van der Waals surface area (Å²) in [5.74, 6) is 0. The summed E-state index contributed by atoms with van der Waals surface area (Å²) in [4.78, 5) is 2.49. The summed E-state index contributed by atoms with van der Waals surface area (Å²) in [5, 5.41) is 0. The summed E-state index contributed by atoms with van der Waals surface area (Å²) in [6, 6.07) is 0. The second kappa shape index (κ2) is 4.05. The summed E-state index contributed by atoms with van der Waals surface area (Å²) >= 11 is 2.63. The highest BCUT2D eigenvalue weighted by Crippen LogP contribution is 2.45. The van der Waals surface area contributed by atoms with Gasteiger partial charge in [0, 0.05) is 3.92 Å². The summed E-state index contributed by atoms with van der Waals surface area (Å²) in [7, 11) is 2.26. The van der Waals surface area contributed by atoms with E-state index in [1.54, 1.807) is 0 Å². The highest BCUT2D eigenvalue weighted by Gasteiger charge is 2.36. The summed E-state index contributed by atoms with van der Waals surface area (Å²) in [6.07, 6.45) is 8.90. The molecular weight excluding hydrogens is 273 g/mol. The SMILES string of the molecule is CN1CCC2(CCC(I)CC2)CC1. The predicted octanol–water partition coefficient (Wildman–Crippen LogP) is 3.08. The molecule has 1 saturated heterocycles. The molecule has 0 amide bonds. The smallest absolute Gasteiger partial charge is 0.0110 e. The van der Waals surface area contributed by atoms with Crippen LogP contribution in [0.15, 0.2) is 0 Å². The van der Waals surface area contributed by atoms with Crippen molar-refractivity contribution in [3.63, 3.8) is 0 Å². The lowest BCUT2D eigenvalue weighted by atomic mass is 9.68. The monoisotopic (exact) mass is 293 g/mol. The molecular formula is C11H20IN. The molecule has 1 aliphatic carbocycles. The van der Waals surface area contributed by atoms with Crippen LogP contribution in [-0.4, -0.2) is 29.0 Å². The first kappa shape index (κ1) is 10.2. The van der Waals surface area contributed by atoms with Gasteiger partial charge in [-0.25, -0.2) is 0 Å². The van der Waals surface area contributed by atoms with Gasteiger partial charge in [-0.15, -0.1) is 0 Å². The molecule has 0 aromatic rings. The van der Waals surface area contributed by atoms with Crippen LogP contribution in [0.5, 0.6) is 0 Å². The van der Waals surface area contributed by atoms with Crippen LogP contribution in [0.1, 0.15) is 38.5 Å². The van der Waals surface area contributed by atoms with Gasteiger partial charge in [-0.2, -0.15) is 0 Å². The number of nitrogens with zero attached hydrogens (tertiary/aromatic N) is 1. The molecule has 0 N–H and O–H groups in total. The average Bonchev–Trinajstić information content (AvgIpc) is 2.16. The van der Waals surface area contributed by atoms with Gasteiger partial charge >= 0.3 is 0 Å². The maximum absolute atomic E-state index is 2.63. The molecule has 0 aromatic heterocycles. The molecule has 1 spiro atoms. The molecule has 2 fully saturated rings. The number of rotatable bonds is 0. The zero-order chi connectivity index (χ0) is 9.31. The first-order valence-electron chi connectivity index (χ1n) is 5.53. The molecule has 2 rings (SSSR count). The van der Waals surface area contributed by atoms with Crippen LogP contribution in [0.2, 0.25) is 0 Å². The van der Waals surface area contributed by atoms with Gasteiger partial charge in [-0.3, -0.25) is 0 Å². The van der Waals surface area contributed by atoms with Gasteiger partial charge in [0.15, 0.2) is 0 Å². The molecule has 0 aromatic carbocycles. The molecule has 0 atom stereocenters. The zero-order valence-electron chi connectivity index (χ0n) is 8.56. The third-order valence-electron chi connectivity index (χ3n) is 4.02. The Kier molecular flexibility index (Phi) is 3.18. The van der Waals surface area contributed by atoms with E-state index in [1.165, 1.54) is 51.6 Å². The molecule has 76 valence electrons. The maximum Gasteiger partial charge on any atom is 0.0110 e. The Morgan fingerprint density at radius 2 is 1.62 bits per heavy atom. The van der Waals surface area contributed by atoms with E-state index in [9.17, 15) is 0 Å². The predicted molar refractivity (Wildman–Crippen MR) is 65.4 cm³/mol. The molecule has 1 heterocycles. The third kappa shape index (κ3) is 2.38. The maximum atomic E-state index is 2.63. The summed E-state index contributed by atoms with van der Waals surface area (Å²) < 4.78 is 0.975. The fraction of sp³-hybridized carbons (Fsp3) is 1.00. The summed E-state index contributed by atoms with van der Waals surface area (Å²) in [5.41, 5.74) is 0.772. The quantitative estimate of drug-likeness (QED) is 0.490. The standard InChI is InChI=1S/C11H20IN/c1-13-8-6-11(7-9-13)4-2-10(12)3-5-11/h10H,2-9H2,1H3. The van der Waals surface area contributed by atoms with Gasteiger partial charge in [-0.05, 0) is 64.1 Å². The third-order valence-corrected chi connectivity index (χ3v) is 5.27. The number of likely N-dealkylation sites (tertiary alicyclic amines) is 1. The molecule has 0 bridgehead atoms. The Bertz CT molecular complexity index is 141. The van der Waals surface area contributed by atoms with Crippen molar-refractivity contribution in [1.82, 2.24) is 4.90 Å². The number of alkyl halides is 1. The largest absolute Gasteiger partial charge is 0.306 e. The van der Waals surface area contributed by atoms with Crippen LogP contribution in [0.25, 0.3) is 0 Å². The average molecular weight is 293 g/mol. The van der Waals surface area contributed by atoms with E-state index in [0.717, 1.165) is 9.34 Å². The molecule has 2 aliphatic rings. The van der Waals surface area contributed by atoms with Crippen molar-refractivity contribution in [2.45, 2.75) is 42.4 Å². The van der Waals surface area contributed by atoms with Crippen molar-refractivity contribution < 1.29 is 0 Å². The van der Waals surface area contributed by atoms with Gasteiger partial charge in [0.2, 0.25) is 0 Å². The van der Waals surface area contributed by atoms with Crippen molar-refractivity contribution in [3.8, 4) is 0 Å². The van der Waals surface area contributed by atoms with E-state index >= 15 is 0 Å². The van der Waals surface area contributed by atoms with Crippen LogP contribution in [0, 0.1) is 5.41 Å². The second-order valence-electron chi connectivity index (χ2n) is 4.98. The second-order valence-corrected chi connectivity index (χ2v) is 6.74. The van der Waals surface area contributed by atoms with Crippen molar-refractivity contribution in [3.05, 3.63) is 0 Å². The molecule has 0 unspecified atom stereocenters. The topological polar surface area (TPSA) is 3.24 Å². The lowest BCUT2D eigenvalue weighted by molar-refractivity contribution is 0.0837. The van der Waals surface area contributed by atoms with Crippen molar-refractivity contribution in [1.29, 1.82) is 0 Å². The van der Waals surface area contributed by atoms with Crippen LogP contribution < -0.4 is 0 Å². The minimum Gasteiger partial charge on any atom is -0.306 e. The van der Waals surface area contributed by atoms with E-state index in [-0.39, 0.29) is 0 Å². The van der Waals surface area contributed by atoms with Crippen molar-refractivity contribution in [2.75, 3.05) is 20.1 Å². The van der Waals surface area contributed by atoms with E-state index in [2.05, 4.69) is 34.5 Å². The van der Waals surface area contributed by atoms with Gasteiger partial charge in [0.05, 0.1) is 0 Å². The highest BCUT2D eigenvalue weighted by molar-refractivity contribution is 14.1. The van der Waals surface area contributed by atoms with E-state index in [4.69, 9.17) is 0 Å². The zero-order valence-corrected chi connectivity index (χ0v) is 10.7. The van der Waals surface area contributed by atoms with Gasteiger partial charge in [-0.1, -0.05) is 22.6 Å². The molecule has 1 nitrogen and oxygen atoms in total. The molecule has 13 heavy (non-hydrogen) atoms. The Morgan fingerprint density at radius 1 is 1.08 bits per heavy atom. The Morgan fingerprint density at radius 3 is 2.15 bits per heavy atom. The lowest BCUT2D eigenvalue weighted by Gasteiger charge is -2.44. The Hall–Kier alpha value is 0.690. The van der Waals surface area contributed by atoms with Crippen LogP contribution in [-0.2, 0) is 0 Å². The Balaban J connectivity index is 1.90. The van der Waals surface area contributed by atoms with Crippen LogP contribution in [0.4, 0.5) is 0 Å². The van der Waals surface area contributed by atoms with Crippen molar-refractivity contribution in [2.24, 2.45) is 5.41 Å². The van der Waals surface area contributed by atoms with Gasteiger partial charge in [0.1, 0.15) is 0 Å². The number of hydrogen-bond donors (Lipinski definition) is 0. The van der Waals surface area contributed by atoms with E-state index in [0.29, 0.717) is 0 Å². The number of halogens is 1. The van der Waals surface area contributed by atoms with Gasteiger partial charge in [0.25, 0.3) is 0 Å². The highest BCUT2D eigenvalue weighted by atomic mass is 127. The fourth-order valence-corrected chi connectivity index (χ4v) is 3.41. The minimum atomic E-state index is 0.772. The molecule has 1 aliphatic heterocycles. The first-order valence-corrected chi connectivity index (χ1v) is 6.77. The normalized spacial score (nSPS) is 30.9. The number of hydrogen-bond acceptors (Lipinski definition) is 1. The Labute approximate surface area is 95.4 Å². The molecule has 1 saturated carbocycles. The van der Waals surface area contributed by atoms with E-state index in [1.807, 2.05) is 0 Å².